The highest BCUT2D eigenvalue weighted by Gasteiger charge is 2.02. The van der Waals surface area contributed by atoms with Crippen molar-refractivity contribution in [2.24, 2.45) is 0 Å². The third-order valence-corrected chi connectivity index (χ3v) is 1.94. The molecule has 0 aliphatic rings. The molecule has 80 valence electrons. The van der Waals surface area contributed by atoms with Crippen LogP contribution in [0.4, 0.5) is 0 Å². The Morgan fingerprint density at radius 2 is 1.71 bits per heavy atom. The van der Waals surface area contributed by atoms with Gasteiger partial charge in [-0.25, -0.2) is 0 Å². The quantitative estimate of drug-likeness (QED) is 0.707. The zero-order chi connectivity index (χ0) is 10.8. The van der Waals surface area contributed by atoms with E-state index in [1.807, 2.05) is 26.8 Å². The van der Waals surface area contributed by atoms with Gasteiger partial charge in [0.05, 0.1) is 6.61 Å². The fraction of sp³-hybridized carbons (Fsp3) is 0.538. The predicted molar refractivity (Wildman–Crippen MR) is 62.7 cm³/mol. The largest absolute Gasteiger partial charge is 0.381 e. The van der Waals surface area contributed by atoms with Crippen molar-refractivity contribution in [2.45, 2.75) is 33.6 Å². The Morgan fingerprint density at radius 3 is 2.21 bits per heavy atom. The number of rotatable bonds is 4. The average Bonchev–Trinajstić information content (AvgIpc) is 2.30. The molecule has 0 unspecified atom stereocenters. The summed E-state index contributed by atoms with van der Waals surface area (Å²) < 4.78 is 5.35. The van der Waals surface area contributed by atoms with Gasteiger partial charge in [-0.2, -0.15) is 0 Å². The van der Waals surface area contributed by atoms with E-state index in [1.54, 1.807) is 0 Å². The highest BCUT2D eigenvalue weighted by Crippen LogP contribution is 2.14. The van der Waals surface area contributed by atoms with Crippen molar-refractivity contribution in [3.63, 3.8) is 0 Å². The van der Waals surface area contributed by atoms with Crippen molar-refractivity contribution in [3.05, 3.63) is 35.9 Å². The van der Waals surface area contributed by atoms with E-state index in [9.17, 15) is 0 Å². The van der Waals surface area contributed by atoms with Crippen molar-refractivity contribution in [2.75, 3.05) is 13.2 Å². The molecule has 0 spiro atoms. The molecule has 0 bridgehead atoms. The molecule has 1 nitrogen and oxygen atoms in total. The molecule has 0 aliphatic carbocycles. The molecule has 0 amide bonds. The van der Waals surface area contributed by atoms with Gasteiger partial charge in [-0.3, -0.25) is 0 Å². The number of ether oxygens (including phenoxy) is 1. The maximum Gasteiger partial charge on any atom is 0.0531 e. The summed E-state index contributed by atoms with van der Waals surface area (Å²) >= 11 is 0. The van der Waals surface area contributed by atoms with Crippen LogP contribution in [0.1, 0.15) is 39.2 Å². The fourth-order valence-corrected chi connectivity index (χ4v) is 1.17. The van der Waals surface area contributed by atoms with Crippen LogP contribution in [0.3, 0.4) is 0 Å². The molecular weight excluding hydrogens is 172 g/mol. The number of hydrogen-bond donors (Lipinski definition) is 0. The second-order valence-corrected chi connectivity index (χ2v) is 2.97. The van der Waals surface area contributed by atoms with Crippen molar-refractivity contribution in [3.8, 4) is 0 Å². The summed E-state index contributed by atoms with van der Waals surface area (Å²) in [5.41, 5.74) is 1.35. The first-order valence-electron chi connectivity index (χ1n) is 5.47. The Hall–Kier alpha value is -0.820. The van der Waals surface area contributed by atoms with Gasteiger partial charge in [0, 0.05) is 12.5 Å². The summed E-state index contributed by atoms with van der Waals surface area (Å²) in [5, 5.41) is 0. The van der Waals surface area contributed by atoms with Gasteiger partial charge in [-0.15, -0.1) is 0 Å². The minimum Gasteiger partial charge on any atom is -0.381 e. The first-order valence-corrected chi connectivity index (χ1v) is 5.47. The van der Waals surface area contributed by atoms with Crippen molar-refractivity contribution in [1.82, 2.24) is 0 Å². The lowest BCUT2D eigenvalue weighted by Gasteiger charge is -2.10. The van der Waals surface area contributed by atoms with E-state index in [-0.39, 0.29) is 0 Å². The summed E-state index contributed by atoms with van der Waals surface area (Å²) in [4.78, 5) is 0. The van der Waals surface area contributed by atoms with Crippen LogP contribution in [0.2, 0.25) is 0 Å². The second kappa shape index (κ2) is 8.76. The molecule has 0 saturated carbocycles. The number of benzene rings is 1. The summed E-state index contributed by atoms with van der Waals surface area (Å²) in [5.74, 6) is 0.506. The average molecular weight is 194 g/mol. The van der Waals surface area contributed by atoms with Gasteiger partial charge in [0.25, 0.3) is 0 Å². The molecule has 0 saturated heterocycles. The standard InChI is InChI=1S/C11H16O.C2H6/c1-3-12-9-10(2)11-7-5-4-6-8-11;1-2/h4-8,10H,3,9H2,1-2H3;1-2H3/t10-;/m1./s1. The van der Waals surface area contributed by atoms with Gasteiger partial charge in [0.1, 0.15) is 0 Å². The maximum absolute atomic E-state index is 5.35. The smallest absolute Gasteiger partial charge is 0.0531 e. The van der Waals surface area contributed by atoms with Crippen LogP contribution in [-0.2, 0) is 4.74 Å². The Labute approximate surface area is 88.1 Å². The Morgan fingerprint density at radius 1 is 1.14 bits per heavy atom. The van der Waals surface area contributed by atoms with Gasteiger partial charge in [-0.05, 0) is 12.5 Å². The Bertz CT molecular complexity index is 206. The minimum absolute atomic E-state index is 0.506. The van der Waals surface area contributed by atoms with E-state index >= 15 is 0 Å². The topological polar surface area (TPSA) is 9.23 Å². The van der Waals surface area contributed by atoms with Gasteiger partial charge in [-0.1, -0.05) is 51.1 Å². The predicted octanol–water partition coefficient (Wildman–Crippen LogP) is 3.85. The molecule has 1 atom stereocenters. The first-order chi connectivity index (χ1) is 6.84. The summed E-state index contributed by atoms with van der Waals surface area (Å²) in [6, 6.07) is 10.5. The fourth-order valence-electron chi connectivity index (χ4n) is 1.17. The van der Waals surface area contributed by atoms with Crippen molar-refractivity contribution >= 4 is 0 Å². The van der Waals surface area contributed by atoms with Crippen LogP contribution >= 0.6 is 0 Å². The molecule has 0 aromatic heterocycles. The summed E-state index contributed by atoms with van der Waals surface area (Å²) in [7, 11) is 0. The van der Waals surface area contributed by atoms with E-state index in [0.29, 0.717) is 5.92 Å². The molecule has 1 aromatic rings. The third kappa shape index (κ3) is 5.03. The molecule has 14 heavy (non-hydrogen) atoms. The molecule has 0 aliphatic heterocycles. The molecule has 1 rings (SSSR count). The van der Waals surface area contributed by atoms with Crippen LogP contribution in [-0.4, -0.2) is 13.2 Å². The van der Waals surface area contributed by atoms with Crippen LogP contribution in [0, 0.1) is 0 Å². The lowest BCUT2D eigenvalue weighted by atomic mass is 10.0. The zero-order valence-corrected chi connectivity index (χ0v) is 9.79. The van der Waals surface area contributed by atoms with Crippen molar-refractivity contribution < 1.29 is 4.74 Å². The second-order valence-electron chi connectivity index (χ2n) is 2.97. The minimum atomic E-state index is 0.506. The van der Waals surface area contributed by atoms with Crippen LogP contribution < -0.4 is 0 Å². The number of hydrogen-bond acceptors (Lipinski definition) is 1. The van der Waals surface area contributed by atoms with Crippen LogP contribution in [0.5, 0.6) is 0 Å². The highest BCUT2D eigenvalue weighted by molar-refractivity contribution is 5.18. The first kappa shape index (κ1) is 13.2. The van der Waals surface area contributed by atoms with Gasteiger partial charge >= 0.3 is 0 Å². The van der Waals surface area contributed by atoms with Gasteiger partial charge < -0.3 is 4.74 Å². The van der Waals surface area contributed by atoms with Crippen LogP contribution in [0.25, 0.3) is 0 Å². The van der Waals surface area contributed by atoms with E-state index in [1.165, 1.54) is 5.56 Å². The van der Waals surface area contributed by atoms with E-state index in [2.05, 4.69) is 31.2 Å². The monoisotopic (exact) mass is 194 g/mol. The SMILES string of the molecule is CC.CCOC[C@@H](C)c1ccccc1. The third-order valence-electron chi connectivity index (χ3n) is 1.94. The van der Waals surface area contributed by atoms with Crippen molar-refractivity contribution in [1.29, 1.82) is 0 Å². The lowest BCUT2D eigenvalue weighted by molar-refractivity contribution is 0.136. The Kier molecular flexibility index (Phi) is 8.25. The maximum atomic E-state index is 5.35. The van der Waals surface area contributed by atoms with Gasteiger partial charge in [0.15, 0.2) is 0 Å². The van der Waals surface area contributed by atoms with Crippen LogP contribution in [0.15, 0.2) is 30.3 Å². The van der Waals surface area contributed by atoms with E-state index in [0.717, 1.165) is 13.2 Å². The highest BCUT2D eigenvalue weighted by atomic mass is 16.5. The summed E-state index contributed by atoms with van der Waals surface area (Å²) in [6.45, 7) is 9.83. The van der Waals surface area contributed by atoms with E-state index in [4.69, 9.17) is 4.74 Å². The summed E-state index contributed by atoms with van der Waals surface area (Å²) in [6.07, 6.45) is 0. The molecule has 0 heterocycles. The normalized spacial score (nSPS) is 11.4. The molecular formula is C13H22O. The molecule has 1 aromatic carbocycles. The molecule has 0 fully saturated rings. The zero-order valence-electron chi connectivity index (χ0n) is 9.79. The Balaban J connectivity index is 0.000000791. The molecule has 0 radical (unpaired) electrons. The molecule has 0 N–H and O–H groups in total. The molecule has 1 heteroatoms. The lowest BCUT2D eigenvalue weighted by Crippen LogP contribution is -2.03. The van der Waals surface area contributed by atoms with E-state index < -0.39 is 0 Å². The van der Waals surface area contributed by atoms with Gasteiger partial charge in [0.2, 0.25) is 0 Å².